The first kappa shape index (κ1) is 40.0. The molecule has 0 saturated heterocycles. The van der Waals surface area contributed by atoms with E-state index in [1.54, 1.807) is 0 Å². The van der Waals surface area contributed by atoms with Crippen LogP contribution in [0, 0.1) is 0 Å². The maximum absolute atomic E-state index is 2.29. The van der Waals surface area contributed by atoms with Crippen LogP contribution in [0.4, 0.5) is 0 Å². The second kappa shape index (κ2) is 39.1. The van der Waals surface area contributed by atoms with E-state index in [-0.39, 0.29) is 34.0 Å². The summed E-state index contributed by atoms with van der Waals surface area (Å²) in [7, 11) is 16.2. The van der Waals surface area contributed by atoms with Gasteiger partial charge >= 0.3 is 0 Å². The molecule has 28 heavy (non-hydrogen) atoms. The van der Waals surface area contributed by atoms with E-state index in [2.05, 4.69) is 35.4 Å². The van der Waals surface area contributed by atoms with Crippen molar-refractivity contribution < 1.29 is 0 Å². The predicted molar refractivity (Wildman–Crippen MR) is 152 cm³/mol. The fourth-order valence-electron chi connectivity index (χ4n) is 2.00. The molecule has 0 N–H and O–H groups in total. The maximum Gasteiger partial charge on any atom is 0.00369 e. The van der Waals surface area contributed by atoms with Crippen LogP contribution in [-0.4, -0.2) is 63.6 Å². The molecule has 0 bridgehead atoms. The second-order valence-corrected chi connectivity index (χ2v) is 10.6. The van der Waals surface area contributed by atoms with Gasteiger partial charge in [0.15, 0.2) is 0 Å². The quantitative estimate of drug-likeness (QED) is 0.144. The van der Waals surface area contributed by atoms with Crippen LogP contribution in [0.15, 0.2) is 0 Å². The molecular weight excluding hydrogens is 516 g/mol. The summed E-state index contributed by atoms with van der Waals surface area (Å²) in [6.07, 6.45) is 17.2. The van der Waals surface area contributed by atoms with Crippen LogP contribution < -0.4 is 0 Å². The van der Waals surface area contributed by atoms with E-state index < -0.39 is 0 Å². The smallest absolute Gasteiger partial charge is 0.00369 e. The van der Waals surface area contributed by atoms with Gasteiger partial charge in [-0.1, -0.05) is 99.6 Å². The third kappa shape index (κ3) is 70.9. The topological polar surface area (TPSA) is 6.48 Å². The number of hydrogen-bond acceptors (Lipinski definition) is 4. The SMILES string of the molecule is Br.Br.CCCCCCCCSSCCCCCCCC.CN(C)C.CN(C)C. The van der Waals surface area contributed by atoms with Crippen molar-refractivity contribution in [3.05, 3.63) is 0 Å². The van der Waals surface area contributed by atoms with Gasteiger partial charge in [0, 0.05) is 11.5 Å². The van der Waals surface area contributed by atoms with E-state index in [0.29, 0.717) is 0 Å². The van der Waals surface area contributed by atoms with Crippen LogP contribution in [-0.2, 0) is 0 Å². The van der Waals surface area contributed by atoms with Crippen molar-refractivity contribution >= 4 is 55.6 Å². The van der Waals surface area contributed by atoms with Gasteiger partial charge < -0.3 is 9.80 Å². The van der Waals surface area contributed by atoms with Gasteiger partial charge in [0.2, 0.25) is 0 Å². The summed E-state index contributed by atoms with van der Waals surface area (Å²) in [5, 5.41) is 0. The summed E-state index contributed by atoms with van der Waals surface area (Å²) in [6.45, 7) is 4.57. The summed E-state index contributed by atoms with van der Waals surface area (Å²) in [5.41, 5.74) is 0. The van der Waals surface area contributed by atoms with Crippen molar-refractivity contribution in [2.24, 2.45) is 0 Å². The van der Waals surface area contributed by atoms with Crippen molar-refractivity contribution in [2.75, 3.05) is 53.8 Å². The zero-order valence-electron chi connectivity index (χ0n) is 20.4. The molecule has 0 aliphatic rings. The van der Waals surface area contributed by atoms with E-state index in [4.69, 9.17) is 0 Å². The van der Waals surface area contributed by atoms with Crippen LogP contribution in [0.5, 0.6) is 0 Å². The fraction of sp³-hybridized carbons (Fsp3) is 1.00. The third-order valence-corrected chi connectivity index (χ3v) is 5.82. The number of hydrogen-bond donors (Lipinski definition) is 0. The minimum absolute atomic E-state index is 0. The molecule has 0 saturated carbocycles. The second-order valence-electron chi connectivity index (χ2n) is 7.86. The average molecular weight is 571 g/mol. The van der Waals surface area contributed by atoms with Crippen molar-refractivity contribution in [3.8, 4) is 0 Å². The Labute approximate surface area is 209 Å². The predicted octanol–water partition coefficient (Wildman–Crippen LogP) is 8.60. The monoisotopic (exact) mass is 568 g/mol. The molecule has 0 amide bonds. The van der Waals surface area contributed by atoms with E-state index >= 15 is 0 Å². The molecule has 0 radical (unpaired) electrons. The molecule has 0 aliphatic heterocycles. The Morgan fingerprint density at radius 3 is 0.893 bits per heavy atom. The van der Waals surface area contributed by atoms with Gasteiger partial charge in [0.05, 0.1) is 0 Å². The molecule has 0 fully saturated rings. The summed E-state index contributed by atoms with van der Waals surface area (Å²) in [6, 6.07) is 0. The van der Waals surface area contributed by atoms with Gasteiger partial charge in [0.25, 0.3) is 0 Å². The molecule has 0 aromatic rings. The molecule has 0 rings (SSSR count). The Bertz CT molecular complexity index is 195. The highest BCUT2D eigenvalue weighted by Crippen LogP contribution is 2.24. The molecule has 2 nitrogen and oxygen atoms in total. The Hall–Kier alpha value is 1.58. The van der Waals surface area contributed by atoms with Crippen LogP contribution in [0.3, 0.4) is 0 Å². The summed E-state index contributed by atoms with van der Waals surface area (Å²) in [5.74, 6) is 2.74. The number of rotatable bonds is 15. The van der Waals surface area contributed by atoms with Gasteiger partial charge in [-0.15, -0.1) is 34.0 Å². The Kier molecular flexibility index (Phi) is 55.8. The third-order valence-electron chi connectivity index (χ3n) is 3.25. The van der Waals surface area contributed by atoms with Gasteiger partial charge in [-0.2, -0.15) is 0 Å². The van der Waals surface area contributed by atoms with E-state index in [0.717, 1.165) is 0 Å². The zero-order valence-corrected chi connectivity index (χ0v) is 25.5. The number of nitrogens with zero attached hydrogens (tertiary/aromatic N) is 2. The average Bonchev–Trinajstić information content (AvgIpc) is 2.54. The number of unbranched alkanes of at least 4 members (excludes halogenated alkanes) is 10. The Balaban J connectivity index is -0.000000149. The van der Waals surface area contributed by atoms with E-state index in [9.17, 15) is 0 Å². The van der Waals surface area contributed by atoms with Crippen LogP contribution >= 0.6 is 55.6 Å². The molecule has 0 unspecified atom stereocenters. The summed E-state index contributed by atoms with van der Waals surface area (Å²) >= 11 is 0. The zero-order chi connectivity index (χ0) is 20.5. The normalized spacial score (nSPS) is 9.64. The molecule has 0 aromatic carbocycles. The van der Waals surface area contributed by atoms with E-state index in [1.165, 1.54) is 88.6 Å². The highest BCUT2D eigenvalue weighted by atomic mass is 79.9. The molecule has 6 heteroatoms. The fourth-order valence-corrected chi connectivity index (χ4v) is 4.29. The van der Waals surface area contributed by atoms with Crippen molar-refractivity contribution in [3.63, 3.8) is 0 Å². The maximum atomic E-state index is 2.29. The minimum Gasteiger partial charge on any atom is -0.312 e. The first-order valence-electron chi connectivity index (χ1n) is 10.8. The number of halogens is 2. The molecule has 178 valence electrons. The van der Waals surface area contributed by atoms with Crippen molar-refractivity contribution in [1.29, 1.82) is 0 Å². The first-order chi connectivity index (χ1) is 12.4. The minimum atomic E-state index is 0. The van der Waals surface area contributed by atoms with E-state index in [1.807, 2.05) is 52.1 Å². The lowest BCUT2D eigenvalue weighted by molar-refractivity contribution is 0.505. The first-order valence-corrected chi connectivity index (χ1v) is 13.3. The van der Waals surface area contributed by atoms with Crippen LogP contribution in [0.1, 0.15) is 90.9 Å². The Morgan fingerprint density at radius 2 is 0.643 bits per heavy atom. The lowest BCUT2D eigenvalue weighted by Gasteiger charge is -2.02. The highest BCUT2D eigenvalue weighted by molar-refractivity contribution is 8.93. The largest absolute Gasteiger partial charge is 0.312 e. The molecule has 0 atom stereocenters. The van der Waals surface area contributed by atoms with Crippen LogP contribution in [0.25, 0.3) is 0 Å². The van der Waals surface area contributed by atoms with Crippen molar-refractivity contribution in [1.82, 2.24) is 9.80 Å². The van der Waals surface area contributed by atoms with Gasteiger partial charge in [0.1, 0.15) is 0 Å². The van der Waals surface area contributed by atoms with Crippen LogP contribution in [0.2, 0.25) is 0 Å². The molecule has 0 aliphatic carbocycles. The van der Waals surface area contributed by atoms with Crippen molar-refractivity contribution in [2.45, 2.75) is 90.9 Å². The molecular formula is C22H54Br2N2S2. The highest BCUT2D eigenvalue weighted by Gasteiger charge is 1.94. The molecule has 0 spiro atoms. The molecule has 0 aromatic heterocycles. The summed E-state index contributed by atoms with van der Waals surface area (Å²) in [4.78, 5) is 4.00. The standard InChI is InChI=1S/C16H34S2.2C3H9N.2BrH/c1-3-5-7-9-11-13-15-17-18-16-14-12-10-8-6-4-2;2*1-4(2)3;;/h3-16H2,1-2H3;2*1-3H3;2*1H. The summed E-state index contributed by atoms with van der Waals surface area (Å²) < 4.78 is 0. The lowest BCUT2D eigenvalue weighted by atomic mass is 10.1. The lowest BCUT2D eigenvalue weighted by Crippen LogP contribution is -1.99. The van der Waals surface area contributed by atoms with Gasteiger partial charge in [-0.25, -0.2) is 0 Å². The van der Waals surface area contributed by atoms with Gasteiger partial charge in [-0.05, 0) is 55.1 Å². The molecule has 0 heterocycles. The Morgan fingerprint density at radius 1 is 0.429 bits per heavy atom. The van der Waals surface area contributed by atoms with Gasteiger partial charge in [-0.3, -0.25) is 0 Å².